The summed E-state index contributed by atoms with van der Waals surface area (Å²) in [4.78, 5) is 31.8. The number of fused-ring (bicyclic) bond motifs is 1. The Labute approximate surface area is 247 Å². The van der Waals surface area contributed by atoms with Crippen molar-refractivity contribution in [3.8, 4) is 11.5 Å². The summed E-state index contributed by atoms with van der Waals surface area (Å²) in [5.41, 5.74) is 0.109. The van der Waals surface area contributed by atoms with Crippen LogP contribution in [0.3, 0.4) is 0 Å². The number of carboxylic acids is 1. The molecule has 0 saturated heterocycles. The monoisotopic (exact) mass is 586 g/mol. The van der Waals surface area contributed by atoms with Crippen LogP contribution in [0.5, 0.6) is 11.5 Å². The van der Waals surface area contributed by atoms with E-state index in [1.54, 1.807) is 32.7 Å². The number of hydrogen-bond acceptors (Lipinski definition) is 6. The highest BCUT2D eigenvalue weighted by atomic mass is 35.5. The summed E-state index contributed by atoms with van der Waals surface area (Å²) in [6, 6.07) is 14.5. The normalized spacial score (nSPS) is 29.4. The zero-order valence-electron chi connectivity index (χ0n) is 23.3. The highest BCUT2D eigenvalue weighted by molar-refractivity contribution is 6.31. The van der Waals surface area contributed by atoms with E-state index in [0.717, 1.165) is 22.9 Å². The lowest BCUT2D eigenvalue weighted by Crippen LogP contribution is -2.75. The number of carbonyl (C=O) groups is 2. The molecular weight excluding hydrogens is 556 g/mol. The van der Waals surface area contributed by atoms with Crippen molar-refractivity contribution < 1.29 is 24.2 Å². The molecule has 42 heavy (non-hydrogen) atoms. The Morgan fingerprint density at radius 3 is 2.50 bits per heavy atom. The zero-order valence-corrected chi connectivity index (χ0v) is 24.1. The first-order chi connectivity index (χ1) is 20.2. The molecule has 216 valence electrons. The molecule has 1 amide bonds. The van der Waals surface area contributed by atoms with Crippen molar-refractivity contribution in [3.63, 3.8) is 0 Å². The van der Waals surface area contributed by atoms with Crippen molar-refractivity contribution in [2.45, 2.75) is 48.5 Å². The van der Waals surface area contributed by atoms with Gasteiger partial charge < -0.3 is 19.9 Å². The Kier molecular flexibility index (Phi) is 6.03. The third-order valence-corrected chi connectivity index (χ3v) is 10.1. The molecular formula is C32H31ClN4O5. The van der Waals surface area contributed by atoms with Crippen LogP contribution in [0.25, 0.3) is 10.9 Å². The Morgan fingerprint density at radius 2 is 1.81 bits per heavy atom. The van der Waals surface area contributed by atoms with Crippen molar-refractivity contribution >= 4 is 34.5 Å². The number of carboxylic acid groups (broad SMARTS) is 1. The fourth-order valence-electron chi connectivity index (χ4n) is 9.20. The van der Waals surface area contributed by atoms with Crippen LogP contribution in [0.1, 0.15) is 43.2 Å². The van der Waals surface area contributed by atoms with Crippen LogP contribution < -0.4 is 14.8 Å². The van der Waals surface area contributed by atoms with Crippen molar-refractivity contribution in [2.75, 3.05) is 14.2 Å². The average molecular weight is 587 g/mol. The van der Waals surface area contributed by atoms with Crippen molar-refractivity contribution in [1.82, 2.24) is 20.1 Å². The summed E-state index contributed by atoms with van der Waals surface area (Å²) >= 11 is 6.35. The molecule has 0 spiro atoms. The maximum atomic E-state index is 13.7. The van der Waals surface area contributed by atoms with Gasteiger partial charge in [-0.3, -0.25) is 9.78 Å². The third-order valence-electron chi connectivity index (χ3n) is 9.91. The van der Waals surface area contributed by atoms with Gasteiger partial charge in [0.2, 0.25) is 0 Å². The van der Waals surface area contributed by atoms with Gasteiger partial charge >= 0.3 is 12.0 Å². The van der Waals surface area contributed by atoms with E-state index in [4.69, 9.17) is 21.1 Å². The molecule has 5 unspecified atom stereocenters. The van der Waals surface area contributed by atoms with Crippen LogP contribution >= 0.6 is 11.6 Å². The molecule has 2 N–H and O–H groups in total. The van der Waals surface area contributed by atoms with Crippen molar-refractivity contribution in [2.24, 2.45) is 11.8 Å². The van der Waals surface area contributed by atoms with Gasteiger partial charge in [-0.15, -0.1) is 0 Å². The largest absolute Gasteiger partial charge is 0.496 e. The fraction of sp³-hybridized carbons (Fsp3) is 0.375. The van der Waals surface area contributed by atoms with E-state index in [2.05, 4.69) is 15.4 Å². The SMILES string of the molecule is COc1cccc(OC)c1C12CC3CC(NC(=O)n4cccn4)(C1)C(C(=O)O)C(c1ccnc4cc(Cl)ccc14)(C3)C2. The van der Waals surface area contributed by atoms with E-state index in [1.165, 1.54) is 10.9 Å². The molecule has 2 heterocycles. The smallest absolute Gasteiger partial charge is 0.342 e. The van der Waals surface area contributed by atoms with Gasteiger partial charge in [-0.25, -0.2) is 4.79 Å². The molecule has 2 aromatic carbocycles. The van der Waals surface area contributed by atoms with Crippen LogP contribution in [-0.4, -0.2) is 51.6 Å². The Balaban J connectivity index is 1.51. The minimum atomic E-state index is -1.07. The van der Waals surface area contributed by atoms with Crippen LogP contribution in [0.4, 0.5) is 4.79 Å². The Hall–Kier alpha value is -4.11. The standard InChI is InChI=1S/C32H31ClN4O5/c1-41-24-5-3-6-25(42-2)26(24)30-14-19-15-31(17-30,22-9-11-34-23-13-20(33)7-8-21(22)23)27(28(38)39)32(16-19,18-30)36-29(40)37-12-4-10-35-37/h3-13,19,27H,14-18H2,1-2H3,(H,36,40)(H,38,39). The molecule has 4 aliphatic carbocycles. The Bertz CT molecular complexity index is 1710. The summed E-state index contributed by atoms with van der Waals surface area (Å²) < 4.78 is 13.1. The van der Waals surface area contributed by atoms with Gasteiger partial charge in [0.05, 0.1) is 31.2 Å². The lowest BCUT2D eigenvalue weighted by molar-refractivity contribution is -0.167. The predicted molar refractivity (Wildman–Crippen MR) is 156 cm³/mol. The Morgan fingerprint density at radius 1 is 1.02 bits per heavy atom. The van der Waals surface area contributed by atoms with E-state index >= 15 is 0 Å². The molecule has 4 fully saturated rings. The maximum absolute atomic E-state index is 13.7. The number of aromatic nitrogens is 3. The summed E-state index contributed by atoms with van der Waals surface area (Å²) in [7, 11) is 3.29. The molecule has 5 atom stereocenters. The van der Waals surface area contributed by atoms with E-state index in [9.17, 15) is 14.7 Å². The van der Waals surface area contributed by atoms with Gasteiger partial charge in [0.25, 0.3) is 0 Å². The van der Waals surface area contributed by atoms with Gasteiger partial charge in [0.15, 0.2) is 0 Å². The molecule has 4 aromatic rings. The zero-order chi connectivity index (χ0) is 29.3. The molecule has 4 bridgehead atoms. The number of pyridine rings is 1. The number of hydrogen-bond donors (Lipinski definition) is 2. The van der Waals surface area contributed by atoms with Crippen LogP contribution in [0.15, 0.2) is 67.1 Å². The minimum Gasteiger partial charge on any atom is -0.496 e. The van der Waals surface area contributed by atoms with Gasteiger partial charge in [0, 0.05) is 45.4 Å². The summed E-state index contributed by atoms with van der Waals surface area (Å²) in [6.45, 7) is 0. The molecule has 0 radical (unpaired) electrons. The molecule has 8 rings (SSSR count). The maximum Gasteiger partial charge on any atom is 0.342 e. The molecule has 4 saturated carbocycles. The first-order valence-corrected chi connectivity index (χ1v) is 14.4. The number of nitrogens with zero attached hydrogens (tertiary/aromatic N) is 3. The molecule has 9 nitrogen and oxygen atoms in total. The summed E-state index contributed by atoms with van der Waals surface area (Å²) in [6.07, 6.45) is 7.85. The lowest BCUT2D eigenvalue weighted by atomic mass is 9.35. The topological polar surface area (TPSA) is 116 Å². The van der Waals surface area contributed by atoms with Crippen molar-refractivity contribution in [3.05, 3.63) is 83.3 Å². The third kappa shape index (κ3) is 3.75. The number of methoxy groups -OCH3 is 2. The number of aliphatic carboxylic acids is 1. The second-order valence-corrected chi connectivity index (χ2v) is 12.6. The average Bonchev–Trinajstić information content (AvgIpc) is 3.51. The van der Waals surface area contributed by atoms with E-state index in [0.29, 0.717) is 47.7 Å². The number of halogens is 1. The number of benzene rings is 2. The molecule has 2 aromatic heterocycles. The predicted octanol–water partition coefficient (Wildman–Crippen LogP) is 5.58. The number of amides is 1. The van der Waals surface area contributed by atoms with Crippen LogP contribution in [-0.2, 0) is 15.6 Å². The van der Waals surface area contributed by atoms with E-state index in [1.807, 2.05) is 42.5 Å². The number of carbonyl (C=O) groups excluding carboxylic acids is 1. The van der Waals surface area contributed by atoms with Gasteiger partial charge in [-0.05, 0) is 80.0 Å². The highest BCUT2D eigenvalue weighted by Crippen LogP contribution is 2.71. The van der Waals surface area contributed by atoms with Crippen LogP contribution in [0, 0.1) is 11.8 Å². The van der Waals surface area contributed by atoms with Crippen LogP contribution in [0.2, 0.25) is 5.02 Å². The first kappa shape index (κ1) is 26.8. The van der Waals surface area contributed by atoms with E-state index < -0.39 is 34.3 Å². The summed E-state index contributed by atoms with van der Waals surface area (Å²) in [5.74, 6) is -0.325. The quantitative estimate of drug-likeness (QED) is 0.303. The van der Waals surface area contributed by atoms with Crippen molar-refractivity contribution in [1.29, 1.82) is 0 Å². The fourth-order valence-corrected chi connectivity index (χ4v) is 9.36. The van der Waals surface area contributed by atoms with Gasteiger partial charge in [-0.2, -0.15) is 9.78 Å². The summed E-state index contributed by atoms with van der Waals surface area (Å²) in [5, 5.41) is 19.9. The molecule has 4 aliphatic rings. The molecule has 0 aliphatic heterocycles. The molecule has 10 heteroatoms. The second kappa shape index (κ2) is 9.46. The van der Waals surface area contributed by atoms with E-state index in [-0.39, 0.29) is 5.92 Å². The van der Waals surface area contributed by atoms with Gasteiger partial charge in [-0.1, -0.05) is 23.7 Å². The number of ether oxygens (including phenoxy) is 2. The number of rotatable bonds is 6. The van der Waals surface area contributed by atoms with Gasteiger partial charge in [0.1, 0.15) is 11.5 Å². The highest BCUT2D eigenvalue weighted by Gasteiger charge is 2.72. The second-order valence-electron chi connectivity index (χ2n) is 12.1. The minimum absolute atomic E-state index is 0.131. The number of nitrogens with one attached hydrogen (secondary N) is 1. The first-order valence-electron chi connectivity index (χ1n) is 14.1. The lowest BCUT2D eigenvalue weighted by Gasteiger charge is -2.69.